The molecule has 0 aliphatic rings. The first kappa shape index (κ1) is 11.6. The zero-order valence-corrected chi connectivity index (χ0v) is 8.13. The predicted molar refractivity (Wildman–Crippen MR) is 50.0 cm³/mol. The van der Waals surface area contributed by atoms with Gasteiger partial charge in [0.15, 0.2) is 0 Å². The van der Waals surface area contributed by atoms with Gasteiger partial charge in [-0.05, 0) is 6.07 Å². The average molecular weight is 237 g/mol. The second-order valence-corrected chi connectivity index (χ2v) is 3.18. The van der Waals surface area contributed by atoms with Crippen molar-refractivity contribution in [3.63, 3.8) is 0 Å². The molecule has 0 aliphatic carbocycles. The van der Waals surface area contributed by atoms with Gasteiger partial charge in [0.05, 0.1) is 11.4 Å². The van der Waals surface area contributed by atoms with E-state index in [-0.39, 0.29) is 16.4 Å². The molecule has 15 heavy (non-hydrogen) atoms. The van der Waals surface area contributed by atoms with Crippen LogP contribution in [0.25, 0.3) is 0 Å². The van der Waals surface area contributed by atoms with Gasteiger partial charge in [0.2, 0.25) is 0 Å². The number of hydrogen-bond donors (Lipinski definition) is 2. The van der Waals surface area contributed by atoms with E-state index in [1.54, 1.807) is 0 Å². The molecule has 1 aromatic heterocycles. The number of halogens is 3. The van der Waals surface area contributed by atoms with Crippen molar-refractivity contribution < 1.29 is 18.7 Å². The molecular formula is C8H7ClF2N2O2. The third-order valence-electron chi connectivity index (χ3n) is 1.66. The SMILES string of the molecule is Nc1nc(C(F)F)c(Cl)cc1CC(=O)O. The highest BCUT2D eigenvalue weighted by Gasteiger charge is 2.17. The standard InChI is InChI=1S/C8H7ClF2N2O2/c9-4-1-3(2-5(14)15)8(12)13-6(4)7(10)11/h1,7H,2H2,(H2,12,13)(H,14,15). The fourth-order valence-electron chi connectivity index (χ4n) is 1.01. The topological polar surface area (TPSA) is 76.2 Å². The predicted octanol–water partition coefficient (Wildman–Crippen LogP) is 1.88. The number of aromatic nitrogens is 1. The quantitative estimate of drug-likeness (QED) is 0.840. The Hall–Kier alpha value is -1.43. The fraction of sp³-hybridized carbons (Fsp3) is 0.250. The molecular weight excluding hydrogens is 230 g/mol. The molecule has 82 valence electrons. The lowest BCUT2D eigenvalue weighted by atomic mass is 10.1. The van der Waals surface area contributed by atoms with E-state index in [9.17, 15) is 13.6 Å². The molecule has 4 nitrogen and oxygen atoms in total. The fourth-order valence-corrected chi connectivity index (χ4v) is 1.27. The van der Waals surface area contributed by atoms with Gasteiger partial charge in [0.25, 0.3) is 6.43 Å². The number of aliphatic carboxylic acids is 1. The van der Waals surface area contributed by atoms with E-state index in [1.165, 1.54) is 0 Å². The van der Waals surface area contributed by atoms with Crippen LogP contribution in [0, 0.1) is 0 Å². The van der Waals surface area contributed by atoms with Gasteiger partial charge in [0.1, 0.15) is 11.5 Å². The van der Waals surface area contributed by atoms with E-state index in [2.05, 4.69) is 4.98 Å². The highest BCUT2D eigenvalue weighted by atomic mass is 35.5. The van der Waals surface area contributed by atoms with Crippen molar-refractivity contribution in [3.8, 4) is 0 Å². The van der Waals surface area contributed by atoms with Gasteiger partial charge >= 0.3 is 5.97 Å². The molecule has 0 spiro atoms. The third kappa shape index (κ3) is 2.76. The van der Waals surface area contributed by atoms with Crippen LogP contribution in [0.3, 0.4) is 0 Å². The van der Waals surface area contributed by atoms with Gasteiger partial charge in [-0.1, -0.05) is 11.6 Å². The normalized spacial score (nSPS) is 10.7. The molecule has 0 amide bonds. The summed E-state index contributed by atoms with van der Waals surface area (Å²) in [5, 5.41) is 8.20. The number of alkyl halides is 2. The Labute approximate surface area is 88.7 Å². The number of carboxylic acid groups (broad SMARTS) is 1. The van der Waals surface area contributed by atoms with Crippen LogP contribution in [0.2, 0.25) is 5.02 Å². The van der Waals surface area contributed by atoms with E-state index in [1.807, 2.05) is 0 Å². The number of carbonyl (C=O) groups is 1. The third-order valence-corrected chi connectivity index (χ3v) is 1.97. The number of rotatable bonds is 3. The second-order valence-electron chi connectivity index (χ2n) is 2.77. The number of nitrogens with two attached hydrogens (primary N) is 1. The number of hydrogen-bond acceptors (Lipinski definition) is 3. The van der Waals surface area contributed by atoms with Crippen LogP contribution < -0.4 is 5.73 Å². The molecule has 1 aromatic rings. The first-order valence-electron chi connectivity index (χ1n) is 3.86. The van der Waals surface area contributed by atoms with Gasteiger partial charge in [-0.3, -0.25) is 4.79 Å². The Kier molecular flexibility index (Phi) is 3.41. The lowest BCUT2D eigenvalue weighted by Crippen LogP contribution is -2.07. The summed E-state index contributed by atoms with van der Waals surface area (Å²) in [6.45, 7) is 0. The summed E-state index contributed by atoms with van der Waals surface area (Å²) in [7, 11) is 0. The number of anilines is 1. The van der Waals surface area contributed by atoms with Crippen LogP contribution in [0.4, 0.5) is 14.6 Å². The molecule has 0 fully saturated rings. The van der Waals surface area contributed by atoms with Crippen molar-refractivity contribution in [1.29, 1.82) is 0 Å². The van der Waals surface area contributed by atoms with Crippen molar-refractivity contribution in [2.24, 2.45) is 0 Å². The molecule has 3 N–H and O–H groups in total. The monoisotopic (exact) mass is 236 g/mol. The maximum absolute atomic E-state index is 12.3. The maximum Gasteiger partial charge on any atom is 0.307 e. The molecule has 0 atom stereocenters. The van der Waals surface area contributed by atoms with Crippen molar-refractivity contribution in [2.45, 2.75) is 12.8 Å². The molecule has 0 unspecified atom stereocenters. The summed E-state index contributed by atoms with van der Waals surface area (Å²) in [6, 6.07) is 1.10. The van der Waals surface area contributed by atoms with Crippen LogP contribution in [-0.4, -0.2) is 16.1 Å². The largest absolute Gasteiger partial charge is 0.481 e. The summed E-state index contributed by atoms with van der Waals surface area (Å²) in [5.74, 6) is -1.37. The lowest BCUT2D eigenvalue weighted by Gasteiger charge is -2.07. The summed E-state index contributed by atoms with van der Waals surface area (Å²) in [5.41, 5.74) is 4.80. The minimum Gasteiger partial charge on any atom is -0.481 e. The van der Waals surface area contributed by atoms with Gasteiger partial charge in [-0.25, -0.2) is 13.8 Å². The van der Waals surface area contributed by atoms with Gasteiger partial charge in [-0.15, -0.1) is 0 Å². The number of nitrogens with zero attached hydrogens (tertiary/aromatic N) is 1. The van der Waals surface area contributed by atoms with E-state index in [0.717, 1.165) is 6.07 Å². The van der Waals surface area contributed by atoms with Gasteiger partial charge in [-0.2, -0.15) is 0 Å². The lowest BCUT2D eigenvalue weighted by molar-refractivity contribution is -0.136. The molecule has 1 rings (SSSR count). The van der Waals surface area contributed by atoms with Crippen molar-refractivity contribution in [2.75, 3.05) is 5.73 Å². The number of nitrogen functional groups attached to an aromatic ring is 1. The number of pyridine rings is 1. The molecule has 0 aromatic carbocycles. The van der Waals surface area contributed by atoms with Crippen LogP contribution in [-0.2, 0) is 11.2 Å². The molecule has 0 saturated heterocycles. The van der Waals surface area contributed by atoms with Crippen LogP contribution in [0.1, 0.15) is 17.7 Å². The average Bonchev–Trinajstić information content (AvgIpc) is 2.09. The minimum absolute atomic E-state index is 0.122. The zero-order valence-electron chi connectivity index (χ0n) is 7.38. The van der Waals surface area contributed by atoms with E-state index in [0.29, 0.717) is 0 Å². The van der Waals surface area contributed by atoms with E-state index in [4.69, 9.17) is 22.4 Å². The van der Waals surface area contributed by atoms with Crippen molar-refractivity contribution in [3.05, 3.63) is 22.3 Å². The smallest absolute Gasteiger partial charge is 0.307 e. The van der Waals surface area contributed by atoms with Gasteiger partial charge < -0.3 is 10.8 Å². The highest BCUT2D eigenvalue weighted by molar-refractivity contribution is 6.31. The van der Waals surface area contributed by atoms with Crippen molar-refractivity contribution >= 4 is 23.4 Å². The Morgan fingerprint density at radius 2 is 2.27 bits per heavy atom. The van der Waals surface area contributed by atoms with Crippen molar-refractivity contribution in [1.82, 2.24) is 4.98 Å². The minimum atomic E-state index is -2.83. The van der Waals surface area contributed by atoms with E-state index < -0.39 is 24.5 Å². The Bertz CT molecular complexity index is 398. The van der Waals surface area contributed by atoms with Gasteiger partial charge in [0, 0.05) is 5.56 Å². The second kappa shape index (κ2) is 4.39. The maximum atomic E-state index is 12.3. The summed E-state index contributed by atoms with van der Waals surface area (Å²) < 4.78 is 24.6. The van der Waals surface area contributed by atoms with Crippen LogP contribution in [0.15, 0.2) is 6.07 Å². The Balaban J connectivity index is 3.13. The molecule has 0 bridgehead atoms. The molecule has 7 heteroatoms. The summed E-state index contributed by atoms with van der Waals surface area (Å²) >= 11 is 5.49. The molecule has 0 radical (unpaired) electrons. The van der Waals surface area contributed by atoms with E-state index >= 15 is 0 Å². The van der Waals surface area contributed by atoms with Crippen LogP contribution in [0.5, 0.6) is 0 Å². The Morgan fingerprint density at radius 1 is 1.67 bits per heavy atom. The summed E-state index contributed by atoms with van der Waals surface area (Å²) in [4.78, 5) is 13.7. The zero-order chi connectivity index (χ0) is 11.6. The Morgan fingerprint density at radius 3 is 2.73 bits per heavy atom. The first-order chi connectivity index (χ1) is 6.91. The number of carboxylic acids is 1. The van der Waals surface area contributed by atoms with Crippen LogP contribution >= 0.6 is 11.6 Å². The molecule has 1 heterocycles. The summed E-state index contributed by atoms with van der Waals surface area (Å²) in [6.07, 6.45) is -3.24. The first-order valence-corrected chi connectivity index (χ1v) is 4.24. The molecule has 0 aliphatic heterocycles. The molecule has 0 saturated carbocycles. The highest BCUT2D eigenvalue weighted by Crippen LogP contribution is 2.28.